The van der Waals surface area contributed by atoms with Gasteiger partial charge in [-0.25, -0.2) is 4.79 Å². The summed E-state index contributed by atoms with van der Waals surface area (Å²) < 4.78 is 4.88. The molecule has 1 unspecified atom stereocenters. The monoisotopic (exact) mass is 250 g/mol. The molecule has 5 nitrogen and oxygen atoms in total. The van der Waals surface area contributed by atoms with Crippen molar-refractivity contribution >= 4 is 12.4 Å². The third-order valence-corrected chi connectivity index (χ3v) is 2.30. The molecule has 0 aliphatic heterocycles. The standard InChI is InChI=1S/C13H16NO4/c1-2-8-13(17,10-15)14-12(16)18-9-11-6-4-3-5-7-11/h3-7,17H,2,8-9H2,1H3,(H,14,16). The molecule has 1 rings (SSSR count). The molecule has 97 valence electrons. The highest BCUT2D eigenvalue weighted by atomic mass is 16.6. The van der Waals surface area contributed by atoms with Gasteiger partial charge in [0.15, 0.2) is 0 Å². The Morgan fingerprint density at radius 1 is 1.44 bits per heavy atom. The Labute approximate surface area is 106 Å². The van der Waals surface area contributed by atoms with Crippen LogP contribution in [0.3, 0.4) is 0 Å². The van der Waals surface area contributed by atoms with Crippen LogP contribution in [0, 0.1) is 0 Å². The van der Waals surface area contributed by atoms with Crippen molar-refractivity contribution in [1.29, 1.82) is 0 Å². The van der Waals surface area contributed by atoms with Crippen LogP contribution in [-0.4, -0.2) is 23.2 Å². The summed E-state index contributed by atoms with van der Waals surface area (Å²) in [5, 5.41) is 11.7. The molecule has 1 radical (unpaired) electrons. The summed E-state index contributed by atoms with van der Waals surface area (Å²) >= 11 is 0. The molecule has 1 amide bonds. The topological polar surface area (TPSA) is 75.6 Å². The number of aliphatic hydroxyl groups is 1. The van der Waals surface area contributed by atoms with Gasteiger partial charge in [0.2, 0.25) is 5.72 Å². The zero-order valence-corrected chi connectivity index (χ0v) is 10.2. The van der Waals surface area contributed by atoms with Crippen molar-refractivity contribution in [2.75, 3.05) is 0 Å². The van der Waals surface area contributed by atoms with E-state index in [1.165, 1.54) is 6.29 Å². The van der Waals surface area contributed by atoms with Crippen molar-refractivity contribution in [1.82, 2.24) is 5.32 Å². The van der Waals surface area contributed by atoms with Gasteiger partial charge in [0.05, 0.1) is 0 Å². The lowest BCUT2D eigenvalue weighted by Crippen LogP contribution is -2.49. The number of alkyl carbamates (subject to hydrolysis) is 1. The van der Waals surface area contributed by atoms with Gasteiger partial charge in [0.1, 0.15) is 6.61 Å². The van der Waals surface area contributed by atoms with Crippen molar-refractivity contribution in [3.05, 3.63) is 35.9 Å². The van der Waals surface area contributed by atoms with E-state index in [-0.39, 0.29) is 13.0 Å². The number of hydrogen-bond donors (Lipinski definition) is 2. The second-order valence-electron chi connectivity index (χ2n) is 3.90. The molecule has 0 spiro atoms. The molecule has 1 atom stereocenters. The Morgan fingerprint density at radius 2 is 2.11 bits per heavy atom. The fraction of sp³-hybridized carbons (Fsp3) is 0.385. The first-order valence-corrected chi connectivity index (χ1v) is 5.70. The van der Waals surface area contributed by atoms with Gasteiger partial charge in [-0.15, -0.1) is 0 Å². The number of ether oxygens (including phenoxy) is 1. The minimum Gasteiger partial charge on any atom is -0.445 e. The predicted molar refractivity (Wildman–Crippen MR) is 65.3 cm³/mol. The first-order valence-electron chi connectivity index (χ1n) is 5.70. The molecule has 5 heteroatoms. The van der Waals surface area contributed by atoms with Crippen molar-refractivity contribution in [2.24, 2.45) is 0 Å². The van der Waals surface area contributed by atoms with E-state index in [4.69, 9.17) is 4.74 Å². The molecule has 2 N–H and O–H groups in total. The van der Waals surface area contributed by atoms with Crippen LogP contribution in [0.4, 0.5) is 4.79 Å². The fourth-order valence-electron chi connectivity index (χ4n) is 1.43. The number of amides is 1. The summed E-state index contributed by atoms with van der Waals surface area (Å²) in [4.78, 5) is 22.0. The Morgan fingerprint density at radius 3 is 2.67 bits per heavy atom. The van der Waals surface area contributed by atoms with E-state index in [0.29, 0.717) is 6.42 Å². The molecule has 0 saturated carbocycles. The maximum atomic E-state index is 11.4. The van der Waals surface area contributed by atoms with Crippen molar-refractivity contribution in [3.63, 3.8) is 0 Å². The predicted octanol–water partition coefficient (Wildman–Crippen LogP) is 1.51. The van der Waals surface area contributed by atoms with Crippen LogP contribution in [0.15, 0.2) is 30.3 Å². The van der Waals surface area contributed by atoms with Crippen molar-refractivity contribution in [2.45, 2.75) is 32.1 Å². The number of benzene rings is 1. The van der Waals surface area contributed by atoms with Crippen LogP contribution >= 0.6 is 0 Å². The van der Waals surface area contributed by atoms with Gasteiger partial charge >= 0.3 is 6.09 Å². The maximum absolute atomic E-state index is 11.4. The number of carbonyl (C=O) groups is 1. The van der Waals surface area contributed by atoms with E-state index in [1.54, 1.807) is 19.1 Å². The molecular weight excluding hydrogens is 234 g/mol. The molecule has 0 fully saturated rings. The van der Waals surface area contributed by atoms with Gasteiger partial charge in [-0.3, -0.25) is 10.1 Å². The first kappa shape index (κ1) is 14.2. The Bertz CT molecular complexity index is 393. The van der Waals surface area contributed by atoms with Crippen LogP contribution in [0.25, 0.3) is 0 Å². The number of nitrogens with one attached hydrogen (secondary N) is 1. The maximum Gasteiger partial charge on any atom is 0.410 e. The van der Waals surface area contributed by atoms with Crippen LogP contribution in [0.5, 0.6) is 0 Å². The van der Waals surface area contributed by atoms with Gasteiger partial charge in [-0.2, -0.15) is 0 Å². The van der Waals surface area contributed by atoms with Gasteiger partial charge < -0.3 is 9.84 Å². The molecule has 18 heavy (non-hydrogen) atoms. The summed E-state index contributed by atoms with van der Waals surface area (Å²) in [7, 11) is 0. The quantitative estimate of drug-likeness (QED) is 0.750. The number of hydrogen-bond acceptors (Lipinski definition) is 4. The van der Waals surface area contributed by atoms with Gasteiger partial charge in [0.25, 0.3) is 6.29 Å². The Balaban J connectivity index is 2.44. The second-order valence-corrected chi connectivity index (χ2v) is 3.90. The Kier molecular flexibility index (Phi) is 5.32. The highest BCUT2D eigenvalue weighted by molar-refractivity contribution is 5.75. The average molecular weight is 250 g/mol. The first-order chi connectivity index (χ1) is 8.59. The lowest BCUT2D eigenvalue weighted by Gasteiger charge is -2.21. The van der Waals surface area contributed by atoms with Crippen LogP contribution < -0.4 is 5.32 Å². The largest absolute Gasteiger partial charge is 0.445 e. The van der Waals surface area contributed by atoms with Crippen molar-refractivity contribution in [3.8, 4) is 0 Å². The molecule has 1 aromatic rings. The zero-order valence-electron chi connectivity index (χ0n) is 10.2. The summed E-state index contributed by atoms with van der Waals surface area (Å²) in [5.74, 6) is 0. The smallest absolute Gasteiger partial charge is 0.410 e. The molecule has 0 aromatic heterocycles. The third-order valence-electron chi connectivity index (χ3n) is 2.30. The summed E-state index contributed by atoms with van der Waals surface area (Å²) in [6, 6.07) is 9.10. The number of carbonyl (C=O) groups excluding carboxylic acids is 2. The molecular formula is C13H16NO4. The minimum absolute atomic E-state index is 0.0771. The van der Waals surface area contributed by atoms with Crippen molar-refractivity contribution < 1.29 is 19.4 Å². The molecule has 0 saturated heterocycles. The zero-order chi connectivity index (χ0) is 13.4. The normalized spacial score (nSPS) is 13.4. The fourth-order valence-corrected chi connectivity index (χ4v) is 1.43. The molecule has 0 heterocycles. The van der Waals surface area contributed by atoms with Crippen LogP contribution in [-0.2, 0) is 16.1 Å². The summed E-state index contributed by atoms with van der Waals surface area (Å²) in [6.07, 6.45) is 1.18. The van der Waals surface area contributed by atoms with E-state index in [1.807, 2.05) is 18.2 Å². The van der Waals surface area contributed by atoms with E-state index < -0.39 is 11.8 Å². The second kappa shape index (κ2) is 6.76. The van der Waals surface area contributed by atoms with E-state index in [9.17, 15) is 14.7 Å². The van der Waals surface area contributed by atoms with E-state index in [2.05, 4.69) is 5.32 Å². The van der Waals surface area contributed by atoms with E-state index in [0.717, 1.165) is 5.56 Å². The van der Waals surface area contributed by atoms with E-state index >= 15 is 0 Å². The molecule has 0 aliphatic rings. The third kappa shape index (κ3) is 4.55. The van der Waals surface area contributed by atoms with Crippen LogP contribution in [0.1, 0.15) is 25.3 Å². The molecule has 0 aliphatic carbocycles. The lowest BCUT2D eigenvalue weighted by molar-refractivity contribution is 0.0490. The minimum atomic E-state index is -1.97. The van der Waals surface area contributed by atoms with Gasteiger partial charge in [0, 0.05) is 6.42 Å². The van der Waals surface area contributed by atoms with Crippen LogP contribution in [0.2, 0.25) is 0 Å². The Hall–Kier alpha value is -1.88. The molecule has 1 aromatic carbocycles. The summed E-state index contributed by atoms with van der Waals surface area (Å²) in [6.45, 7) is 1.85. The average Bonchev–Trinajstić information content (AvgIpc) is 2.38. The highest BCUT2D eigenvalue weighted by Gasteiger charge is 2.29. The van der Waals surface area contributed by atoms with Gasteiger partial charge in [-0.1, -0.05) is 43.7 Å². The number of rotatable bonds is 6. The SMILES string of the molecule is CCCC(O)([C]=O)NC(=O)OCc1ccccc1. The highest BCUT2D eigenvalue weighted by Crippen LogP contribution is 2.07. The lowest BCUT2D eigenvalue weighted by atomic mass is 10.1. The summed E-state index contributed by atoms with van der Waals surface area (Å²) in [5.41, 5.74) is -1.15. The molecule has 0 bridgehead atoms. The van der Waals surface area contributed by atoms with Gasteiger partial charge in [-0.05, 0) is 5.56 Å².